The van der Waals surface area contributed by atoms with Crippen LogP contribution in [0, 0.1) is 0 Å². The van der Waals surface area contributed by atoms with Gasteiger partial charge < -0.3 is 10.1 Å². The first-order valence-electron chi connectivity index (χ1n) is 7.03. The lowest BCUT2D eigenvalue weighted by atomic mass is 10.2. The Balaban J connectivity index is 2.40. The van der Waals surface area contributed by atoms with Gasteiger partial charge in [-0.05, 0) is 52.3 Å². The Morgan fingerprint density at radius 1 is 1.20 bits per heavy atom. The molecule has 134 valence electrons. The number of benzene rings is 2. The molecule has 0 spiro atoms. The first-order chi connectivity index (χ1) is 11.7. The average molecular weight is 448 g/mol. The van der Waals surface area contributed by atoms with E-state index in [1.807, 2.05) is 0 Å². The summed E-state index contributed by atoms with van der Waals surface area (Å²) in [5.74, 6) is -0.0423. The summed E-state index contributed by atoms with van der Waals surface area (Å²) < 4.78 is 31.3. The second-order valence-corrected chi connectivity index (χ2v) is 8.64. The molecule has 2 aromatic rings. The maximum Gasteiger partial charge on any atom is 0.255 e. The first kappa shape index (κ1) is 19.7. The minimum absolute atomic E-state index is 0.00297. The number of rotatable bonds is 5. The second-order valence-electron chi connectivity index (χ2n) is 5.23. The molecule has 0 saturated heterocycles. The predicted octanol–water partition coefficient (Wildman–Crippen LogP) is 3.61. The molecule has 0 saturated carbocycles. The zero-order chi connectivity index (χ0) is 18.8. The van der Waals surface area contributed by atoms with Crippen LogP contribution in [0.2, 0.25) is 5.02 Å². The van der Waals surface area contributed by atoms with Gasteiger partial charge in [0.05, 0.1) is 17.7 Å². The van der Waals surface area contributed by atoms with Crippen LogP contribution in [0.15, 0.2) is 45.8 Å². The number of carbonyl (C=O) groups excluding carboxylic acids is 1. The van der Waals surface area contributed by atoms with Crippen molar-refractivity contribution in [2.45, 2.75) is 4.90 Å². The Kier molecular flexibility index (Phi) is 6.10. The van der Waals surface area contributed by atoms with Crippen molar-refractivity contribution in [3.05, 3.63) is 51.5 Å². The van der Waals surface area contributed by atoms with E-state index in [9.17, 15) is 13.2 Å². The summed E-state index contributed by atoms with van der Waals surface area (Å²) in [4.78, 5) is 12.5. The number of hydrogen-bond acceptors (Lipinski definition) is 4. The normalized spacial score (nSPS) is 11.4. The molecule has 2 aromatic carbocycles. The Morgan fingerprint density at radius 3 is 2.48 bits per heavy atom. The molecule has 6 nitrogen and oxygen atoms in total. The zero-order valence-electron chi connectivity index (χ0n) is 13.7. The van der Waals surface area contributed by atoms with Gasteiger partial charge in [-0.3, -0.25) is 4.79 Å². The Bertz CT molecular complexity index is 916. The number of methoxy groups -OCH3 is 1. The smallest absolute Gasteiger partial charge is 0.255 e. The fraction of sp³-hybridized carbons (Fsp3) is 0.188. The van der Waals surface area contributed by atoms with Crippen LogP contribution in [0.3, 0.4) is 0 Å². The van der Waals surface area contributed by atoms with Crippen LogP contribution in [-0.4, -0.2) is 39.8 Å². The Morgan fingerprint density at radius 2 is 1.88 bits per heavy atom. The topological polar surface area (TPSA) is 75.7 Å². The third-order valence-corrected chi connectivity index (χ3v) is 6.41. The monoisotopic (exact) mass is 446 g/mol. The molecule has 0 heterocycles. The van der Waals surface area contributed by atoms with Gasteiger partial charge in [0.2, 0.25) is 10.0 Å². The highest BCUT2D eigenvalue weighted by Gasteiger charge is 2.22. The summed E-state index contributed by atoms with van der Waals surface area (Å²) in [7, 11) is 0.621. The highest BCUT2D eigenvalue weighted by Crippen LogP contribution is 2.29. The number of nitrogens with one attached hydrogen (secondary N) is 1. The number of nitrogens with zero attached hydrogens (tertiary/aromatic N) is 1. The molecular weight excluding hydrogens is 432 g/mol. The number of halogens is 2. The molecule has 0 atom stereocenters. The van der Waals surface area contributed by atoms with Crippen LogP contribution in [0.25, 0.3) is 0 Å². The van der Waals surface area contributed by atoms with Crippen molar-refractivity contribution >= 4 is 49.1 Å². The number of anilines is 1. The fourth-order valence-corrected chi connectivity index (χ4v) is 4.03. The average Bonchev–Trinajstić information content (AvgIpc) is 2.55. The molecule has 1 amide bonds. The molecule has 9 heteroatoms. The lowest BCUT2D eigenvalue weighted by Gasteiger charge is -2.14. The molecule has 2 rings (SSSR count). The molecule has 0 aliphatic heterocycles. The molecule has 0 aromatic heterocycles. The van der Waals surface area contributed by atoms with Crippen molar-refractivity contribution in [2.24, 2.45) is 0 Å². The molecule has 0 aliphatic rings. The van der Waals surface area contributed by atoms with Crippen LogP contribution in [0.5, 0.6) is 5.75 Å². The van der Waals surface area contributed by atoms with Gasteiger partial charge in [0.25, 0.3) is 5.91 Å². The van der Waals surface area contributed by atoms with E-state index in [0.29, 0.717) is 20.9 Å². The number of sulfonamides is 1. The van der Waals surface area contributed by atoms with Crippen LogP contribution >= 0.6 is 27.5 Å². The van der Waals surface area contributed by atoms with E-state index in [1.165, 1.54) is 39.4 Å². The minimum atomic E-state index is -3.70. The summed E-state index contributed by atoms with van der Waals surface area (Å²) in [6.45, 7) is 0. The molecular formula is C16H16BrClN2O4S. The summed E-state index contributed by atoms with van der Waals surface area (Å²) in [6.07, 6.45) is 0. The third-order valence-electron chi connectivity index (χ3n) is 3.36. The lowest BCUT2D eigenvalue weighted by molar-refractivity contribution is 0.102. The quantitative estimate of drug-likeness (QED) is 0.760. The second kappa shape index (κ2) is 7.74. The van der Waals surface area contributed by atoms with Crippen LogP contribution in [0.1, 0.15) is 10.4 Å². The SMILES string of the molecule is COc1ccc(Cl)cc1NC(=O)c1ccc(Br)c(S(=O)(=O)N(C)C)c1. The summed E-state index contributed by atoms with van der Waals surface area (Å²) in [6, 6.07) is 9.16. The molecule has 1 N–H and O–H groups in total. The van der Waals surface area contributed by atoms with Crippen molar-refractivity contribution in [1.29, 1.82) is 0 Å². The maximum atomic E-state index is 12.5. The van der Waals surface area contributed by atoms with Crippen LogP contribution in [-0.2, 0) is 10.0 Å². The largest absolute Gasteiger partial charge is 0.495 e. The van der Waals surface area contributed by atoms with Gasteiger partial charge in [-0.25, -0.2) is 12.7 Å². The fourth-order valence-electron chi connectivity index (χ4n) is 2.01. The van der Waals surface area contributed by atoms with Gasteiger partial charge in [-0.2, -0.15) is 0 Å². The number of amides is 1. The zero-order valence-corrected chi connectivity index (χ0v) is 16.9. The summed E-state index contributed by atoms with van der Waals surface area (Å²) in [5, 5.41) is 3.11. The standard InChI is InChI=1S/C16H16BrClN2O4S/c1-20(2)25(22,23)15-8-10(4-6-12(15)17)16(21)19-13-9-11(18)5-7-14(13)24-3/h4-9H,1-3H3,(H,19,21). The number of hydrogen-bond donors (Lipinski definition) is 1. The molecule has 0 radical (unpaired) electrons. The minimum Gasteiger partial charge on any atom is -0.495 e. The lowest BCUT2D eigenvalue weighted by Crippen LogP contribution is -2.23. The van der Waals surface area contributed by atoms with E-state index in [2.05, 4.69) is 21.2 Å². The molecule has 0 aliphatic carbocycles. The highest BCUT2D eigenvalue weighted by atomic mass is 79.9. The van der Waals surface area contributed by atoms with Gasteiger partial charge in [-0.15, -0.1) is 0 Å². The van der Waals surface area contributed by atoms with E-state index < -0.39 is 15.9 Å². The highest BCUT2D eigenvalue weighted by molar-refractivity contribution is 9.10. The van der Waals surface area contributed by atoms with Crippen molar-refractivity contribution < 1.29 is 17.9 Å². The van der Waals surface area contributed by atoms with Crippen molar-refractivity contribution in [3.63, 3.8) is 0 Å². The van der Waals surface area contributed by atoms with E-state index in [4.69, 9.17) is 16.3 Å². The van der Waals surface area contributed by atoms with Gasteiger partial charge in [0.1, 0.15) is 5.75 Å². The van der Waals surface area contributed by atoms with E-state index >= 15 is 0 Å². The number of carbonyl (C=O) groups is 1. The van der Waals surface area contributed by atoms with Crippen LogP contribution < -0.4 is 10.1 Å². The number of ether oxygens (including phenoxy) is 1. The van der Waals surface area contributed by atoms with E-state index in [1.54, 1.807) is 18.2 Å². The van der Waals surface area contributed by atoms with Gasteiger partial charge in [-0.1, -0.05) is 11.6 Å². The van der Waals surface area contributed by atoms with Gasteiger partial charge in [0.15, 0.2) is 0 Å². The molecule has 0 unspecified atom stereocenters. The molecule has 25 heavy (non-hydrogen) atoms. The van der Waals surface area contributed by atoms with E-state index in [0.717, 1.165) is 4.31 Å². The van der Waals surface area contributed by atoms with E-state index in [-0.39, 0.29) is 10.5 Å². The van der Waals surface area contributed by atoms with Gasteiger partial charge >= 0.3 is 0 Å². The van der Waals surface area contributed by atoms with Crippen molar-refractivity contribution in [3.8, 4) is 5.75 Å². The van der Waals surface area contributed by atoms with Crippen molar-refractivity contribution in [1.82, 2.24) is 4.31 Å². The summed E-state index contributed by atoms with van der Waals surface area (Å²) >= 11 is 9.15. The van der Waals surface area contributed by atoms with Crippen molar-refractivity contribution in [2.75, 3.05) is 26.5 Å². The Hall–Kier alpha value is -1.61. The Labute approximate surface area is 159 Å². The van der Waals surface area contributed by atoms with Crippen LogP contribution in [0.4, 0.5) is 5.69 Å². The third kappa shape index (κ3) is 4.33. The maximum absolute atomic E-state index is 12.5. The van der Waals surface area contributed by atoms with Gasteiger partial charge in [0, 0.05) is 29.2 Å². The molecule has 0 bridgehead atoms. The predicted molar refractivity (Wildman–Crippen MR) is 101 cm³/mol. The molecule has 0 fully saturated rings. The summed E-state index contributed by atoms with van der Waals surface area (Å²) in [5.41, 5.74) is 0.575. The first-order valence-corrected chi connectivity index (χ1v) is 9.65.